The van der Waals surface area contributed by atoms with Crippen LogP contribution in [0.25, 0.3) is 16.9 Å². The zero-order valence-electron chi connectivity index (χ0n) is 22.4. The number of aryl methyl sites for hydroxylation is 3. The Labute approximate surface area is 223 Å². The third kappa shape index (κ3) is 5.83. The second-order valence-electron chi connectivity index (χ2n) is 9.82. The van der Waals surface area contributed by atoms with E-state index >= 15 is 0 Å². The maximum absolute atomic E-state index is 13.5. The fourth-order valence-electron chi connectivity index (χ4n) is 4.00. The van der Waals surface area contributed by atoms with Crippen LogP contribution in [0.2, 0.25) is 0 Å². The van der Waals surface area contributed by atoms with Gasteiger partial charge in [0, 0.05) is 11.8 Å². The Kier molecular flexibility index (Phi) is 7.31. The van der Waals surface area contributed by atoms with E-state index in [1.807, 2.05) is 32.0 Å². The molecule has 0 fully saturated rings. The van der Waals surface area contributed by atoms with Crippen molar-refractivity contribution in [3.63, 3.8) is 0 Å². The Morgan fingerprint density at radius 2 is 1.69 bits per heavy atom. The molecular weight excluding hydrogens is 511 g/mol. The molecule has 0 spiro atoms. The number of benzene rings is 1. The highest BCUT2D eigenvalue weighted by atomic mass is 19.4. The highest BCUT2D eigenvalue weighted by Crippen LogP contribution is 2.29. The summed E-state index contributed by atoms with van der Waals surface area (Å²) < 4.78 is 46.1. The van der Waals surface area contributed by atoms with E-state index in [2.05, 4.69) is 19.9 Å². The summed E-state index contributed by atoms with van der Waals surface area (Å²) in [6, 6.07) is 9.09. The van der Waals surface area contributed by atoms with Crippen LogP contribution in [0, 0.1) is 27.7 Å². The Morgan fingerprint density at radius 3 is 2.36 bits per heavy atom. The second kappa shape index (κ2) is 10.2. The zero-order chi connectivity index (χ0) is 28.7. The minimum Gasteiger partial charge on any atom is -0.471 e. The van der Waals surface area contributed by atoms with E-state index in [0.717, 1.165) is 22.8 Å². The highest BCUT2D eigenvalue weighted by Gasteiger charge is 2.32. The lowest BCUT2D eigenvalue weighted by Crippen LogP contribution is -2.26. The molecule has 0 saturated carbocycles. The van der Waals surface area contributed by atoms with Gasteiger partial charge in [0.2, 0.25) is 5.88 Å². The van der Waals surface area contributed by atoms with E-state index in [9.17, 15) is 23.1 Å². The summed E-state index contributed by atoms with van der Waals surface area (Å²) in [7, 11) is 0. The van der Waals surface area contributed by atoms with Crippen molar-refractivity contribution in [2.75, 3.05) is 0 Å². The number of aromatic nitrogens is 5. The van der Waals surface area contributed by atoms with Gasteiger partial charge in [0.1, 0.15) is 23.7 Å². The molecule has 4 rings (SSSR count). The molecule has 3 heterocycles. The molecule has 0 aliphatic rings. The van der Waals surface area contributed by atoms with Gasteiger partial charge in [-0.2, -0.15) is 18.2 Å². The fraction of sp³-hybridized carbons (Fsp3) is 0.321. The predicted molar refractivity (Wildman–Crippen MR) is 139 cm³/mol. The van der Waals surface area contributed by atoms with Gasteiger partial charge in [-0.3, -0.25) is 9.36 Å². The average molecular weight is 540 g/mol. The minimum atomic E-state index is -4.58. The Bertz CT molecular complexity index is 1610. The van der Waals surface area contributed by atoms with E-state index in [1.165, 1.54) is 16.7 Å². The van der Waals surface area contributed by atoms with Crippen molar-refractivity contribution in [1.29, 1.82) is 0 Å². The van der Waals surface area contributed by atoms with Gasteiger partial charge in [0.25, 0.3) is 5.56 Å². The first-order valence-electron chi connectivity index (χ1n) is 12.1. The van der Waals surface area contributed by atoms with Crippen LogP contribution < -0.4 is 10.3 Å². The summed E-state index contributed by atoms with van der Waals surface area (Å²) in [5.74, 6) is 0.616. The number of nitrogens with zero attached hydrogens (tertiary/aromatic N) is 5. The molecule has 0 radical (unpaired) electrons. The average Bonchev–Trinajstić information content (AvgIpc) is 2.86. The van der Waals surface area contributed by atoms with Crippen LogP contribution in [0.3, 0.4) is 0 Å². The van der Waals surface area contributed by atoms with Crippen molar-refractivity contribution in [2.24, 2.45) is 0 Å². The first kappa shape index (κ1) is 27.9. The Balaban J connectivity index is 1.71. The molecule has 0 bridgehead atoms. The van der Waals surface area contributed by atoms with E-state index < -0.39 is 17.5 Å². The van der Waals surface area contributed by atoms with Crippen LogP contribution >= 0.6 is 0 Å². The predicted octanol–water partition coefficient (Wildman–Crippen LogP) is 5.14. The molecule has 4 aromatic rings. The van der Waals surface area contributed by atoms with Crippen LogP contribution in [-0.2, 0) is 18.4 Å². The smallest absolute Gasteiger partial charge is 0.433 e. The normalized spacial score (nSPS) is 12.1. The highest BCUT2D eigenvalue weighted by molar-refractivity contribution is 5.67. The monoisotopic (exact) mass is 539 g/mol. The fourth-order valence-corrected chi connectivity index (χ4v) is 4.00. The van der Waals surface area contributed by atoms with Gasteiger partial charge in [0.05, 0.1) is 22.6 Å². The SMILES string of the molecule is Cc1ccc(-c2nc(C(C)(C)O)ncc2C)cc1-n1c(C)nc(OCc2cccc(C(F)(F)F)n2)c(C)c1=O. The van der Waals surface area contributed by atoms with Crippen molar-refractivity contribution in [2.45, 2.75) is 59.9 Å². The summed E-state index contributed by atoms with van der Waals surface area (Å²) in [5.41, 5.74) is 1.14. The van der Waals surface area contributed by atoms with Crippen LogP contribution in [0.15, 0.2) is 47.4 Å². The number of ether oxygens (including phenoxy) is 1. The van der Waals surface area contributed by atoms with Crippen molar-refractivity contribution in [1.82, 2.24) is 24.5 Å². The molecule has 0 unspecified atom stereocenters. The van der Waals surface area contributed by atoms with E-state index in [-0.39, 0.29) is 35.1 Å². The molecule has 11 heteroatoms. The largest absolute Gasteiger partial charge is 0.471 e. The maximum Gasteiger partial charge on any atom is 0.433 e. The molecular formula is C28H28F3N5O3. The molecule has 204 valence electrons. The van der Waals surface area contributed by atoms with Crippen LogP contribution in [0.5, 0.6) is 5.88 Å². The van der Waals surface area contributed by atoms with Crippen molar-refractivity contribution in [3.05, 3.63) is 92.7 Å². The maximum atomic E-state index is 13.5. The van der Waals surface area contributed by atoms with E-state index in [0.29, 0.717) is 17.2 Å². The molecule has 8 nitrogen and oxygen atoms in total. The molecule has 1 N–H and O–H groups in total. The molecule has 0 aliphatic carbocycles. The standard InChI is InChI=1S/C28H28F3N5O3/c1-15-10-11-19(23-16(2)13-32-26(35-23)27(5,6)38)12-21(15)36-18(4)33-24(17(3)25(36)37)39-14-20-8-7-9-22(34-20)28(29,30)31/h7-13,38H,14H2,1-6H3. The lowest BCUT2D eigenvalue weighted by Gasteiger charge is -2.19. The van der Waals surface area contributed by atoms with Crippen molar-refractivity contribution in [3.8, 4) is 22.8 Å². The topological polar surface area (TPSA) is 103 Å². The van der Waals surface area contributed by atoms with Gasteiger partial charge in [-0.05, 0) is 70.9 Å². The molecule has 3 aromatic heterocycles. The molecule has 0 aliphatic heterocycles. The second-order valence-corrected chi connectivity index (χ2v) is 9.82. The summed E-state index contributed by atoms with van der Waals surface area (Å²) >= 11 is 0. The van der Waals surface area contributed by atoms with E-state index in [4.69, 9.17) is 4.74 Å². The molecule has 0 amide bonds. The van der Waals surface area contributed by atoms with Crippen LogP contribution in [0.1, 0.15) is 53.6 Å². The molecule has 0 saturated heterocycles. The summed E-state index contributed by atoms with van der Waals surface area (Å²) in [4.78, 5) is 30.3. The lowest BCUT2D eigenvalue weighted by molar-refractivity contribution is -0.141. The molecule has 0 atom stereocenters. The van der Waals surface area contributed by atoms with Gasteiger partial charge in [-0.25, -0.2) is 15.0 Å². The lowest BCUT2D eigenvalue weighted by atomic mass is 10.0. The summed E-state index contributed by atoms with van der Waals surface area (Å²) in [5, 5.41) is 10.4. The number of hydrogen-bond donors (Lipinski definition) is 1. The molecule has 39 heavy (non-hydrogen) atoms. The zero-order valence-corrected chi connectivity index (χ0v) is 22.4. The van der Waals surface area contributed by atoms with Crippen LogP contribution in [0.4, 0.5) is 13.2 Å². The Morgan fingerprint density at radius 1 is 0.974 bits per heavy atom. The van der Waals surface area contributed by atoms with Gasteiger partial charge >= 0.3 is 6.18 Å². The van der Waals surface area contributed by atoms with E-state index in [1.54, 1.807) is 33.9 Å². The van der Waals surface area contributed by atoms with Crippen molar-refractivity contribution < 1.29 is 23.0 Å². The van der Waals surface area contributed by atoms with Crippen molar-refractivity contribution >= 4 is 0 Å². The summed E-state index contributed by atoms with van der Waals surface area (Å²) in [6.45, 7) is 9.83. The number of alkyl halides is 3. The third-order valence-electron chi connectivity index (χ3n) is 6.13. The quantitative estimate of drug-likeness (QED) is 0.362. The van der Waals surface area contributed by atoms with Gasteiger partial charge < -0.3 is 9.84 Å². The van der Waals surface area contributed by atoms with Gasteiger partial charge in [-0.1, -0.05) is 18.2 Å². The molecule has 1 aromatic carbocycles. The third-order valence-corrected chi connectivity index (χ3v) is 6.13. The number of rotatable bonds is 6. The van der Waals surface area contributed by atoms with Gasteiger partial charge in [0.15, 0.2) is 5.82 Å². The van der Waals surface area contributed by atoms with Gasteiger partial charge in [-0.15, -0.1) is 0 Å². The number of pyridine rings is 1. The number of hydrogen-bond acceptors (Lipinski definition) is 7. The van der Waals surface area contributed by atoms with Crippen LogP contribution in [-0.4, -0.2) is 29.6 Å². The number of halogens is 3. The first-order valence-corrected chi connectivity index (χ1v) is 12.1. The number of aliphatic hydroxyl groups is 1. The Hall–Kier alpha value is -4.12. The summed E-state index contributed by atoms with van der Waals surface area (Å²) in [6.07, 6.45) is -2.93. The first-order chi connectivity index (χ1) is 18.2. The minimum absolute atomic E-state index is 0.0169.